The lowest BCUT2D eigenvalue weighted by Crippen LogP contribution is -2.21. The molecule has 0 amide bonds. The van der Waals surface area contributed by atoms with Gasteiger partial charge in [-0.05, 0) is 53.2 Å². The Morgan fingerprint density at radius 1 is 0.885 bits per heavy atom. The molecule has 0 aliphatic heterocycles. The van der Waals surface area contributed by atoms with Crippen LogP contribution in [0.3, 0.4) is 0 Å². The van der Waals surface area contributed by atoms with E-state index >= 15 is 0 Å². The Labute approximate surface area is 149 Å². The smallest absolute Gasteiger partial charge is 0.196 e. The van der Waals surface area contributed by atoms with E-state index in [9.17, 15) is 9.90 Å². The highest BCUT2D eigenvalue weighted by Crippen LogP contribution is 2.28. The van der Waals surface area contributed by atoms with Gasteiger partial charge in [-0.1, -0.05) is 12.1 Å². The summed E-state index contributed by atoms with van der Waals surface area (Å²) < 4.78 is 0. The largest absolute Gasteiger partial charge is 0.507 e. The van der Waals surface area contributed by atoms with Crippen molar-refractivity contribution in [2.45, 2.75) is 0 Å². The van der Waals surface area contributed by atoms with E-state index in [-0.39, 0.29) is 28.9 Å². The summed E-state index contributed by atoms with van der Waals surface area (Å²) >= 11 is 0. The number of carbonyl (C=O) groups is 1. The fourth-order valence-corrected chi connectivity index (χ4v) is 2.63. The molecule has 26 heavy (non-hydrogen) atoms. The zero-order chi connectivity index (χ0) is 18.8. The van der Waals surface area contributed by atoms with Gasteiger partial charge in [-0.3, -0.25) is 10.2 Å². The molecule has 0 radical (unpaired) electrons. The molecule has 0 fully saturated rings. The summed E-state index contributed by atoms with van der Waals surface area (Å²) in [5, 5.41) is 19.2. The maximum absolute atomic E-state index is 12.8. The first-order chi connectivity index (χ1) is 12.3. The van der Waals surface area contributed by atoms with Gasteiger partial charge >= 0.3 is 0 Å². The molecule has 8 N–H and O–H groups in total. The first-order valence-electron chi connectivity index (χ1n) is 7.71. The number of amidine groups is 1. The average Bonchev–Trinajstić information content (AvgIpc) is 2.60. The Balaban J connectivity index is 2.03. The average molecular weight is 347 g/mol. The van der Waals surface area contributed by atoms with Crippen molar-refractivity contribution in [1.29, 1.82) is 5.41 Å². The first-order valence-corrected chi connectivity index (χ1v) is 7.71. The van der Waals surface area contributed by atoms with E-state index in [2.05, 4.69) is 4.99 Å². The van der Waals surface area contributed by atoms with Crippen LogP contribution in [0.25, 0.3) is 10.8 Å². The predicted octanol–water partition coefficient (Wildman–Crippen LogP) is 1.97. The number of fused-ring (bicyclic) bond motifs is 1. The van der Waals surface area contributed by atoms with Crippen LogP contribution in [0.4, 0.5) is 5.69 Å². The Morgan fingerprint density at radius 2 is 1.54 bits per heavy atom. The standard InChI is InChI=1S/C19H17N5O2/c20-18(21)12-2-1-11-9-16(25)15(8-13(11)7-12)17(26)10-3-5-14(6-4-10)24-19(22)23/h1-9,25H,(H3,20,21)(H4,22,23,24). The molecule has 0 aromatic heterocycles. The van der Waals surface area contributed by atoms with Gasteiger partial charge in [0.25, 0.3) is 0 Å². The molecule has 0 heterocycles. The number of phenolic OH excluding ortho intramolecular Hbond substituents is 1. The Morgan fingerprint density at radius 3 is 2.15 bits per heavy atom. The minimum absolute atomic E-state index is 0.0665. The topological polar surface area (TPSA) is 152 Å². The van der Waals surface area contributed by atoms with Gasteiger partial charge in [-0.2, -0.15) is 0 Å². The number of nitrogens with two attached hydrogens (primary N) is 3. The second-order valence-electron chi connectivity index (χ2n) is 5.76. The van der Waals surface area contributed by atoms with Gasteiger partial charge in [0.1, 0.15) is 11.6 Å². The van der Waals surface area contributed by atoms with Gasteiger partial charge in [-0.25, -0.2) is 4.99 Å². The summed E-state index contributed by atoms with van der Waals surface area (Å²) in [5.41, 5.74) is 17.8. The van der Waals surface area contributed by atoms with Crippen molar-refractivity contribution < 1.29 is 9.90 Å². The number of hydrogen-bond donors (Lipinski definition) is 5. The second kappa shape index (κ2) is 6.56. The Kier molecular flexibility index (Phi) is 4.28. The lowest BCUT2D eigenvalue weighted by Gasteiger charge is -2.08. The molecule has 3 rings (SSSR count). The molecular weight excluding hydrogens is 330 g/mol. The van der Waals surface area contributed by atoms with Crippen molar-refractivity contribution in [3.8, 4) is 5.75 Å². The number of phenols is 1. The van der Waals surface area contributed by atoms with Gasteiger partial charge < -0.3 is 22.3 Å². The van der Waals surface area contributed by atoms with E-state index < -0.39 is 0 Å². The van der Waals surface area contributed by atoms with E-state index in [1.165, 1.54) is 6.07 Å². The number of carbonyl (C=O) groups excluding carboxylic acids is 1. The molecule has 0 unspecified atom stereocenters. The van der Waals surface area contributed by atoms with Crippen molar-refractivity contribution >= 4 is 34.0 Å². The number of guanidine groups is 1. The highest BCUT2D eigenvalue weighted by atomic mass is 16.3. The maximum atomic E-state index is 12.8. The number of aliphatic imine (C=N–C) groups is 1. The molecule has 0 saturated heterocycles. The SMILES string of the molecule is N=C(N)c1ccc2cc(O)c(C(=O)c3ccc(N=C(N)N)cc3)cc2c1. The summed E-state index contributed by atoms with van der Waals surface area (Å²) in [6.07, 6.45) is 0. The van der Waals surface area contributed by atoms with Crippen molar-refractivity contribution in [3.05, 3.63) is 71.3 Å². The maximum Gasteiger partial charge on any atom is 0.196 e. The minimum Gasteiger partial charge on any atom is -0.507 e. The molecule has 7 nitrogen and oxygen atoms in total. The molecular formula is C19H17N5O2. The van der Waals surface area contributed by atoms with Gasteiger partial charge in [0.2, 0.25) is 0 Å². The van der Waals surface area contributed by atoms with Crippen molar-refractivity contribution in [3.63, 3.8) is 0 Å². The number of nitrogen functional groups attached to an aromatic ring is 1. The number of rotatable bonds is 4. The molecule has 130 valence electrons. The van der Waals surface area contributed by atoms with E-state index in [1.54, 1.807) is 48.5 Å². The van der Waals surface area contributed by atoms with Crippen LogP contribution < -0.4 is 17.2 Å². The number of nitrogens with zero attached hydrogens (tertiary/aromatic N) is 1. The quantitative estimate of drug-likeness (QED) is 0.277. The van der Waals surface area contributed by atoms with Crippen molar-refractivity contribution in [2.24, 2.45) is 22.2 Å². The molecule has 3 aromatic rings. The number of aromatic hydroxyl groups is 1. The summed E-state index contributed by atoms with van der Waals surface area (Å²) in [5.74, 6) is -0.596. The van der Waals surface area contributed by atoms with Crippen molar-refractivity contribution in [1.82, 2.24) is 0 Å². The van der Waals surface area contributed by atoms with Gasteiger partial charge in [0.05, 0.1) is 11.3 Å². The van der Waals surface area contributed by atoms with Crippen LogP contribution in [0.1, 0.15) is 21.5 Å². The zero-order valence-corrected chi connectivity index (χ0v) is 13.7. The number of hydrogen-bond acceptors (Lipinski definition) is 4. The highest BCUT2D eigenvalue weighted by Gasteiger charge is 2.15. The van der Waals surface area contributed by atoms with E-state index in [4.69, 9.17) is 22.6 Å². The summed E-state index contributed by atoms with van der Waals surface area (Å²) in [6.45, 7) is 0. The number of nitrogens with one attached hydrogen (secondary N) is 1. The first kappa shape index (κ1) is 17.0. The number of benzene rings is 3. The Hall–Kier alpha value is -3.87. The second-order valence-corrected chi connectivity index (χ2v) is 5.76. The van der Waals surface area contributed by atoms with Gasteiger partial charge in [-0.15, -0.1) is 0 Å². The molecule has 0 spiro atoms. The lowest BCUT2D eigenvalue weighted by molar-refractivity contribution is 0.103. The molecule has 0 saturated carbocycles. The van der Waals surface area contributed by atoms with Crippen LogP contribution in [0, 0.1) is 5.41 Å². The van der Waals surface area contributed by atoms with E-state index in [1.807, 2.05) is 0 Å². The molecule has 3 aromatic carbocycles. The molecule has 7 heteroatoms. The van der Waals surface area contributed by atoms with Crippen LogP contribution in [0.15, 0.2) is 59.6 Å². The highest BCUT2D eigenvalue weighted by molar-refractivity contribution is 6.13. The number of ketones is 1. The monoisotopic (exact) mass is 347 g/mol. The predicted molar refractivity (Wildman–Crippen MR) is 102 cm³/mol. The van der Waals surface area contributed by atoms with Crippen LogP contribution in [0.5, 0.6) is 5.75 Å². The Bertz CT molecular complexity index is 1050. The van der Waals surface area contributed by atoms with E-state index in [0.717, 1.165) is 5.39 Å². The van der Waals surface area contributed by atoms with Crippen LogP contribution in [-0.2, 0) is 0 Å². The van der Waals surface area contributed by atoms with Gasteiger partial charge in [0.15, 0.2) is 11.7 Å². The van der Waals surface area contributed by atoms with Crippen LogP contribution in [-0.4, -0.2) is 22.7 Å². The fraction of sp³-hybridized carbons (Fsp3) is 0. The molecule has 0 aliphatic carbocycles. The van der Waals surface area contributed by atoms with Gasteiger partial charge in [0, 0.05) is 11.1 Å². The fourth-order valence-electron chi connectivity index (χ4n) is 2.63. The summed E-state index contributed by atoms with van der Waals surface area (Å²) in [4.78, 5) is 16.6. The van der Waals surface area contributed by atoms with Crippen LogP contribution >= 0.6 is 0 Å². The van der Waals surface area contributed by atoms with Crippen molar-refractivity contribution in [2.75, 3.05) is 0 Å². The van der Waals surface area contributed by atoms with E-state index in [0.29, 0.717) is 22.2 Å². The van der Waals surface area contributed by atoms with Crippen LogP contribution in [0.2, 0.25) is 0 Å². The molecule has 0 atom stereocenters. The lowest BCUT2D eigenvalue weighted by atomic mass is 9.97. The third kappa shape index (κ3) is 3.32. The summed E-state index contributed by atoms with van der Waals surface area (Å²) in [6, 6.07) is 14.6. The third-order valence-electron chi connectivity index (χ3n) is 3.90. The normalized spacial score (nSPS) is 10.5. The third-order valence-corrected chi connectivity index (χ3v) is 3.90. The minimum atomic E-state index is -0.339. The molecule has 0 bridgehead atoms. The molecule has 0 aliphatic rings. The summed E-state index contributed by atoms with van der Waals surface area (Å²) in [7, 11) is 0. The zero-order valence-electron chi connectivity index (χ0n) is 13.7.